The van der Waals surface area contributed by atoms with Gasteiger partial charge in [-0.1, -0.05) is 12.8 Å². The van der Waals surface area contributed by atoms with Gasteiger partial charge in [0.05, 0.1) is 0 Å². The van der Waals surface area contributed by atoms with Crippen LogP contribution in [0.15, 0.2) is 0 Å². The molecule has 1 saturated carbocycles. The lowest BCUT2D eigenvalue weighted by Crippen LogP contribution is -2.49. The van der Waals surface area contributed by atoms with Crippen molar-refractivity contribution >= 4 is 0 Å². The summed E-state index contributed by atoms with van der Waals surface area (Å²) in [6.45, 7) is 13.2. The van der Waals surface area contributed by atoms with Crippen molar-refractivity contribution in [2.24, 2.45) is 5.92 Å². The summed E-state index contributed by atoms with van der Waals surface area (Å²) >= 11 is 0. The zero-order valence-corrected chi connectivity index (χ0v) is 13.6. The van der Waals surface area contributed by atoms with Gasteiger partial charge in [-0.15, -0.1) is 0 Å². The molecule has 1 aliphatic carbocycles. The highest BCUT2D eigenvalue weighted by atomic mass is 15.3. The van der Waals surface area contributed by atoms with E-state index >= 15 is 0 Å². The fourth-order valence-electron chi connectivity index (χ4n) is 3.88. The average Bonchev–Trinajstić information content (AvgIpc) is 3.23. The molecule has 0 aromatic rings. The zero-order chi connectivity index (χ0) is 13.8. The summed E-state index contributed by atoms with van der Waals surface area (Å²) in [6, 6.07) is 2.51. The van der Waals surface area contributed by atoms with Crippen molar-refractivity contribution in [3.05, 3.63) is 0 Å². The first kappa shape index (κ1) is 15.3. The first-order valence-electron chi connectivity index (χ1n) is 8.59. The van der Waals surface area contributed by atoms with E-state index in [0.717, 1.165) is 24.0 Å². The molecule has 112 valence electrons. The summed E-state index contributed by atoms with van der Waals surface area (Å²) in [6.07, 6.45) is 8.90. The van der Waals surface area contributed by atoms with E-state index in [0.29, 0.717) is 0 Å². The Balaban J connectivity index is 0.000000186. The van der Waals surface area contributed by atoms with Crippen molar-refractivity contribution in [3.8, 4) is 0 Å². The van der Waals surface area contributed by atoms with Crippen molar-refractivity contribution in [2.75, 3.05) is 19.6 Å². The second kappa shape index (κ2) is 7.08. The minimum Gasteiger partial charge on any atom is -0.298 e. The van der Waals surface area contributed by atoms with Gasteiger partial charge < -0.3 is 0 Å². The first-order chi connectivity index (χ1) is 9.09. The topological polar surface area (TPSA) is 6.25 Å². The minimum atomic E-state index is 0.769. The molecular weight excluding hydrogens is 232 g/mol. The molecule has 3 aliphatic rings. The molecule has 0 N–H and O–H groups in total. The van der Waals surface area contributed by atoms with Gasteiger partial charge in [0, 0.05) is 31.2 Å². The molecule has 3 fully saturated rings. The summed E-state index contributed by atoms with van der Waals surface area (Å²) in [7, 11) is 0. The minimum absolute atomic E-state index is 0.769. The molecule has 2 saturated heterocycles. The number of rotatable bonds is 2. The standard InChI is InChI=1S/C12H23N.C5H11N/c1-10(2)13-9-5-7-11-6-3-4-8-12(11)13;1-5(2)6-3-4-6/h10-12H,3-9H2,1-2H3;5H,3-4H2,1-2H3. The molecule has 0 radical (unpaired) electrons. The summed E-state index contributed by atoms with van der Waals surface area (Å²) in [5.41, 5.74) is 0. The van der Waals surface area contributed by atoms with Gasteiger partial charge in [0.15, 0.2) is 0 Å². The van der Waals surface area contributed by atoms with Gasteiger partial charge in [0.1, 0.15) is 0 Å². The van der Waals surface area contributed by atoms with E-state index in [4.69, 9.17) is 0 Å². The lowest BCUT2D eigenvalue weighted by molar-refractivity contribution is 0.0371. The van der Waals surface area contributed by atoms with Crippen molar-refractivity contribution < 1.29 is 0 Å². The molecule has 0 aromatic heterocycles. The average molecular weight is 266 g/mol. The molecule has 19 heavy (non-hydrogen) atoms. The lowest BCUT2D eigenvalue weighted by atomic mass is 9.78. The van der Waals surface area contributed by atoms with Crippen LogP contribution in [0.25, 0.3) is 0 Å². The Labute approximate surface area is 120 Å². The third kappa shape index (κ3) is 4.46. The Morgan fingerprint density at radius 1 is 0.737 bits per heavy atom. The lowest BCUT2D eigenvalue weighted by Gasteiger charge is -2.46. The highest BCUT2D eigenvalue weighted by molar-refractivity contribution is 4.88. The molecule has 0 bridgehead atoms. The second-order valence-corrected chi connectivity index (χ2v) is 7.22. The van der Waals surface area contributed by atoms with E-state index in [1.165, 1.54) is 58.2 Å². The van der Waals surface area contributed by atoms with E-state index in [2.05, 4.69) is 37.5 Å². The highest BCUT2D eigenvalue weighted by Crippen LogP contribution is 2.35. The number of hydrogen-bond acceptors (Lipinski definition) is 2. The monoisotopic (exact) mass is 266 g/mol. The van der Waals surface area contributed by atoms with Crippen LogP contribution in [0.1, 0.15) is 66.2 Å². The number of hydrogen-bond donors (Lipinski definition) is 0. The van der Waals surface area contributed by atoms with E-state index in [9.17, 15) is 0 Å². The van der Waals surface area contributed by atoms with E-state index in [1.807, 2.05) is 0 Å². The molecule has 2 atom stereocenters. The Hall–Kier alpha value is -0.0800. The maximum absolute atomic E-state index is 2.76. The van der Waals surface area contributed by atoms with Crippen LogP contribution in [0.3, 0.4) is 0 Å². The molecule has 0 amide bonds. The van der Waals surface area contributed by atoms with Crippen molar-refractivity contribution in [2.45, 2.75) is 84.3 Å². The Kier molecular flexibility index (Phi) is 5.70. The van der Waals surface area contributed by atoms with Gasteiger partial charge in [-0.25, -0.2) is 0 Å². The fourth-order valence-corrected chi connectivity index (χ4v) is 3.88. The molecule has 0 spiro atoms. The van der Waals surface area contributed by atoms with Crippen LogP contribution in [0.2, 0.25) is 0 Å². The summed E-state index contributed by atoms with van der Waals surface area (Å²) < 4.78 is 0. The Bertz CT molecular complexity index is 256. The van der Waals surface area contributed by atoms with Crippen LogP contribution in [0.5, 0.6) is 0 Å². The zero-order valence-electron chi connectivity index (χ0n) is 13.6. The third-order valence-corrected chi connectivity index (χ3v) is 5.16. The second-order valence-electron chi connectivity index (χ2n) is 7.22. The van der Waals surface area contributed by atoms with Crippen LogP contribution in [-0.4, -0.2) is 47.6 Å². The Morgan fingerprint density at radius 3 is 1.89 bits per heavy atom. The predicted octanol–water partition coefficient (Wildman–Crippen LogP) is 3.76. The van der Waals surface area contributed by atoms with Crippen LogP contribution in [0.4, 0.5) is 0 Å². The van der Waals surface area contributed by atoms with Gasteiger partial charge in [-0.05, 0) is 65.8 Å². The van der Waals surface area contributed by atoms with Crippen LogP contribution in [-0.2, 0) is 0 Å². The van der Waals surface area contributed by atoms with E-state index in [1.54, 1.807) is 0 Å². The van der Waals surface area contributed by atoms with Gasteiger partial charge in [-0.3, -0.25) is 9.80 Å². The molecule has 2 heteroatoms. The molecular formula is C17H34N2. The van der Waals surface area contributed by atoms with E-state index < -0.39 is 0 Å². The quantitative estimate of drug-likeness (QED) is 0.702. The Morgan fingerprint density at radius 2 is 1.37 bits per heavy atom. The van der Waals surface area contributed by atoms with Crippen LogP contribution in [0, 0.1) is 5.92 Å². The molecule has 2 aliphatic heterocycles. The normalized spacial score (nSPS) is 31.9. The van der Waals surface area contributed by atoms with Crippen molar-refractivity contribution in [1.29, 1.82) is 0 Å². The summed E-state index contributed by atoms with van der Waals surface area (Å²) in [4.78, 5) is 5.17. The van der Waals surface area contributed by atoms with Crippen molar-refractivity contribution in [3.63, 3.8) is 0 Å². The van der Waals surface area contributed by atoms with E-state index in [-0.39, 0.29) is 0 Å². The highest BCUT2D eigenvalue weighted by Gasteiger charge is 2.33. The largest absolute Gasteiger partial charge is 0.298 e. The van der Waals surface area contributed by atoms with Crippen LogP contribution >= 0.6 is 0 Å². The van der Waals surface area contributed by atoms with Gasteiger partial charge in [-0.2, -0.15) is 0 Å². The number of nitrogens with zero attached hydrogens (tertiary/aromatic N) is 2. The number of fused-ring (bicyclic) bond motifs is 1. The summed E-state index contributed by atoms with van der Waals surface area (Å²) in [5, 5.41) is 0. The first-order valence-corrected chi connectivity index (χ1v) is 8.59. The maximum Gasteiger partial charge on any atom is 0.0126 e. The molecule has 0 aromatic carbocycles. The van der Waals surface area contributed by atoms with Gasteiger partial charge in [0.25, 0.3) is 0 Å². The maximum atomic E-state index is 2.76. The van der Waals surface area contributed by atoms with Crippen LogP contribution < -0.4 is 0 Å². The SMILES string of the molecule is CC(C)N1CC1.CC(C)N1CCCC2CCCCC21. The fraction of sp³-hybridized carbons (Fsp3) is 1.00. The number of piperidine rings is 1. The number of likely N-dealkylation sites (tertiary alicyclic amines) is 1. The van der Waals surface area contributed by atoms with Gasteiger partial charge >= 0.3 is 0 Å². The smallest absolute Gasteiger partial charge is 0.0126 e. The third-order valence-electron chi connectivity index (χ3n) is 5.16. The molecule has 2 nitrogen and oxygen atoms in total. The van der Waals surface area contributed by atoms with Crippen molar-refractivity contribution in [1.82, 2.24) is 9.80 Å². The predicted molar refractivity (Wildman–Crippen MR) is 83.5 cm³/mol. The molecule has 2 unspecified atom stereocenters. The summed E-state index contributed by atoms with van der Waals surface area (Å²) in [5.74, 6) is 1.05. The molecule has 3 rings (SSSR count). The van der Waals surface area contributed by atoms with Gasteiger partial charge in [0.2, 0.25) is 0 Å². The molecule has 2 heterocycles.